The minimum absolute atomic E-state index is 0.263. The van der Waals surface area contributed by atoms with Crippen molar-refractivity contribution in [2.24, 2.45) is 0 Å². The lowest BCUT2D eigenvalue weighted by atomic mass is 10.2. The quantitative estimate of drug-likeness (QED) is 0.742. The monoisotopic (exact) mass is 270 g/mol. The number of carbonyl (C=O) groups excluding carboxylic acids is 1. The lowest BCUT2D eigenvalue weighted by molar-refractivity contribution is -0.134. The van der Waals surface area contributed by atoms with Crippen LogP contribution in [-0.4, -0.2) is 86.6 Å². The second kappa shape index (κ2) is 8.51. The predicted molar refractivity (Wildman–Crippen MR) is 79.3 cm³/mol. The molecule has 19 heavy (non-hydrogen) atoms. The van der Waals surface area contributed by atoms with Crippen LogP contribution in [0.1, 0.15) is 20.3 Å². The molecule has 1 fully saturated rings. The van der Waals surface area contributed by atoms with Crippen LogP contribution in [0.15, 0.2) is 0 Å². The van der Waals surface area contributed by atoms with E-state index in [1.54, 1.807) is 0 Å². The third kappa shape index (κ3) is 5.89. The molecule has 0 aromatic heterocycles. The first-order valence-corrected chi connectivity index (χ1v) is 7.41. The maximum atomic E-state index is 12.4. The van der Waals surface area contributed by atoms with Crippen molar-refractivity contribution in [3.8, 4) is 0 Å². The van der Waals surface area contributed by atoms with Crippen LogP contribution >= 0.6 is 0 Å². The van der Waals surface area contributed by atoms with E-state index >= 15 is 0 Å². The van der Waals surface area contributed by atoms with E-state index in [4.69, 9.17) is 0 Å². The van der Waals surface area contributed by atoms with Crippen LogP contribution in [0.25, 0.3) is 0 Å². The standard InChI is InChI=1S/C14H30N4O/c1-5-18(13(2)11-16(3)4)14(19)12-17-9-6-7-15-8-10-17/h13,15H,5-12H2,1-4H3. The topological polar surface area (TPSA) is 38.8 Å². The molecule has 1 atom stereocenters. The summed E-state index contributed by atoms with van der Waals surface area (Å²) in [7, 11) is 4.10. The number of nitrogens with one attached hydrogen (secondary N) is 1. The van der Waals surface area contributed by atoms with Gasteiger partial charge in [-0.15, -0.1) is 0 Å². The molecule has 0 saturated carbocycles. The molecule has 1 unspecified atom stereocenters. The molecule has 1 aliphatic rings. The summed E-state index contributed by atoms with van der Waals surface area (Å²) in [6, 6.07) is 0.276. The summed E-state index contributed by atoms with van der Waals surface area (Å²) >= 11 is 0. The SMILES string of the molecule is CCN(C(=O)CN1CCCNCC1)C(C)CN(C)C. The van der Waals surface area contributed by atoms with Gasteiger partial charge in [0.15, 0.2) is 0 Å². The van der Waals surface area contributed by atoms with Crippen molar-refractivity contribution in [2.75, 3.05) is 59.9 Å². The van der Waals surface area contributed by atoms with Crippen LogP contribution in [0.3, 0.4) is 0 Å². The zero-order chi connectivity index (χ0) is 14.3. The Hall–Kier alpha value is -0.650. The molecule has 112 valence electrons. The fourth-order valence-corrected chi connectivity index (χ4v) is 2.70. The number of carbonyl (C=O) groups is 1. The highest BCUT2D eigenvalue weighted by Crippen LogP contribution is 2.04. The van der Waals surface area contributed by atoms with Gasteiger partial charge in [0, 0.05) is 32.2 Å². The fourth-order valence-electron chi connectivity index (χ4n) is 2.70. The van der Waals surface area contributed by atoms with Gasteiger partial charge in [-0.25, -0.2) is 0 Å². The van der Waals surface area contributed by atoms with Crippen molar-refractivity contribution < 1.29 is 4.79 Å². The van der Waals surface area contributed by atoms with Crippen molar-refractivity contribution in [1.29, 1.82) is 0 Å². The molecule has 0 bridgehead atoms. The van der Waals surface area contributed by atoms with E-state index in [0.29, 0.717) is 6.54 Å². The van der Waals surface area contributed by atoms with E-state index in [1.165, 1.54) is 0 Å². The van der Waals surface area contributed by atoms with E-state index in [0.717, 1.165) is 45.7 Å². The summed E-state index contributed by atoms with van der Waals surface area (Å²) in [4.78, 5) is 18.8. The molecule has 1 heterocycles. The molecule has 1 rings (SSSR count). The van der Waals surface area contributed by atoms with E-state index in [1.807, 2.05) is 4.90 Å². The van der Waals surface area contributed by atoms with Gasteiger partial charge >= 0.3 is 0 Å². The van der Waals surface area contributed by atoms with Crippen molar-refractivity contribution in [1.82, 2.24) is 20.0 Å². The zero-order valence-electron chi connectivity index (χ0n) is 13.0. The maximum absolute atomic E-state index is 12.4. The van der Waals surface area contributed by atoms with Gasteiger partial charge in [-0.05, 0) is 47.5 Å². The van der Waals surface area contributed by atoms with E-state index in [2.05, 4.69) is 43.1 Å². The molecular formula is C14H30N4O. The molecule has 5 nitrogen and oxygen atoms in total. The van der Waals surface area contributed by atoms with Gasteiger partial charge in [0.2, 0.25) is 5.91 Å². The van der Waals surface area contributed by atoms with Gasteiger partial charge in [-0.2, -0.15) is 0 Å². The molecule has 1 amide bonds. The Morgan fingerprint density at radius 1 is 1.32 bits per heavy atom. The summed E-state index contributed by atoms with van der Waals surface area (Å²) in [5.74, 6) is 0.263. The molecule has 0 radical (unpaired) electrons. The number of hydrogen-bond donors (Lipinski definition) is 1. The highest BCUT2D eigenvalue weighted by atomic mass is 16.2. The van der Waals surface area contributed by atoms with E-state index in [-0.39, 0.29) is 11.9 Å². The van der Waals surface area contributed by atoms with Crippen molar-refractivity contribution in [3.05, 3.63) is 0 Å². The smallest absolute Gasteiger partial charge is 0.237 e. The molecule has 5 heteroatoms. The van der Waals surface area contributed by atoms with Crippen molar-refractivity contribution >= 4 is 5.91 Å². The molecule has 0 aliphatic carbocycles. The number of likely N-dealkylation sites (N-methyl/N-ethyl adjacent to an activating group) is 2. The second-order valence-electron chi connectivity index (χ2n) is 5.67. The third-order valence-corrected chi connectivity index (χ3v) is 3.61. The first-order valence-electron chi connectivity index (χ1n) is 7.41. The van der Waals surface area contributed by atoms with Crippen molar-refractivity contribution in [3.63, 3.8) is 0 Å². The number of hydrogen-bond acceptors (Lipinski definition) is 4. The summed E-state index contributed by atoms with van der Waals surface area (Å²) in [6.07, 6.45) is 1.13. The van der Waals surface area contributed by atoms with Crippen LogP contribution in [0.4, 0.5) is 0 Å². The number of amides is 1. The van der Waals surface area contributed by atoms with Gasteiger partial charge in [0.05, 0.1) is 6.54 Å². The average molecular weight is 270 g/mol. The van der Waals surface area contributed by atoms with Gasteiger partial charge < -0.3 is 15.1 Å². The minimum Gasteiger partial charge on any atom is -0.338 e. The molecule has 1 aliphatic heterocycles. The molecular weight excluding hydrogens is 240 g/mol. The summed E-state index contributed by atoms with van der Waals surface area (Å²) in [5, 5.41) is 3.37. The zero-order valence-corrected chi connectivity index (χ0v) is 13.0. The Balaban J connectivity index is 2.47. The Bertz CT molecular complexity index is 262. The first-order chi connectivity index (χ1) is 9.04. The van der Waals surface area contributed by atoms with Gasteiger partial charge in [0.25, 0.3) is 0 Å². The van der Waals surface area contributed by atoms with E-state index in [9.17, 15) is 4.79 Å². The predicted octanol–water partition coefficient (Wildman–Crippen LogP) is 0.0803. The van der Waals surface area contributed by atoms with Gasteiger partial charge in [-0.3, -0.25) is 9.69 Å². The van der Waals surface area contributed by atoms with Crippen LogP contribution in [0.2, 0.25) is 0 Å². The summed E-state index contributed by atoms with van der Waals surface area (Å²) in [5.41, 5.74) is 0. The van der Waals surface area contributed by atoms with Gasteiger partial charge in [0.1, 0.15) is 0 Å². The van der Waals surface area contributed by atoms with Gasteiger partial charge in [-0.1, -0.05) is 0 Å². The lowest BCUT2D eigenvalue weighted by Gasteiger charge is -2.32. The van der Waals surface area contributed by atoms with Crippen molar-refractivity contribution in [2.45, 2.75) is 26.3 Å². The van der Waals surface area contributed by atoms with E-state index < -0.39 is 0 Å². The highest BCUT2D eigenvalue weighted by Gasteiger charge is 2.21. The second-order valence-corrected chi connectivity index (χ2v) is 5.67. The Kier molecular flexibility index (Phi) is 7.34. The largest absolute Gasteiger partial charge is 0.338 e. The molecule has 1 N–H and O–H groups in total. The summed E-state index contributed by atoms with van der Waals surface area (Å²) < 4.78 is 0. The highest BCUT2D eigenvalue weighted by molar-refractivity contribution is 5.78. The average Bonchev–Trinajstić information content (AvgIpc) is 2.57. The molecule has 0 spiro atoms. The Morgan fingerprint density at radius 2 is 2.05 bits per heavy atom. The summed E-state index contributed by atoms with van der Waals surface area (Å²) in [6.45, 7) is 10.5. The van der Waals surface area contributed by atoms with Crippen LogP contribution in [-0.2, 0) is 4.79 Å². The number of nitrogens with zero attached hydrogens (tertiary/aromatic N) is 3. The molecule has 0 aromatic rings. The maximum Gasteiger partial charge on any atom is 0.237 e. The Labute approximate surface area is 117 Å². The third-order valence-electron chi connectivity index (χ3n) is 3.61. The minimum atomic E-state index is 0.263. The van der Waals surface area contributed by atoms with Crippen LogP contribution in [0.5, 0.6) is 0 Å². The van der Waals surface area contributed by atoms with Crippen LogP contribution in [0, 0.1) is 0 Å². The number of rotatable bonds is 6. The normalized spacial score (nSPS) is 19.2. The molecule has 0 aromatic carbocycles. The first kappa shape index (κ1) is 16.4. The lowest BCUT2D eigenvalue weighted by Crippen LogP contribution is -2.48. The Morgan fingerprint density at radius 3 is 2.68 bits per heavy atom. The van der Waals surface area contributed by atoms with Crippen LogP contribution < -0.4 is 5.32 Å². The fraction of sp³-hybridized carbons (Fsp3) is 0.929. The molecule has 1 saturated heterocycles.